The van der Waals surface area contributed by atoms with Crippen LogP contribution in [0.1, 0.15) is 42.3 Å². The summed E-state index contributed by atoms with van der Waals surface area (Å²) in [5.41, 5.74) is 11.9. The van der Waals surface area contributed by atoms with Gasteiger partial charge in [0.05, 0.1) is 29.2 Å². The van der Waals surface area contributed by atoms with Crippen LogP contribution in [0.3, 0.4) is 0 Å². The molecule has 0 fully saturated rings. The van der Waals surface area contributed by atoms with E-state index in [1.165, 1.54) is 12.1 Å². The van der Waals surface area contributed by atoms with Gasteiger partial charge in [-0.2, -0.15) is 10.4 Å². The van der Waals surface area contributed by atoms with Gasteiger partial charge in [-0.25, -0.2) is 9.37 Å². The van der Waals surface area contributed by atoms with Crippen LogP contribution in [-0.2, 0) is 13.0 Å². The molecule has 1 aromatic carbocycles. The van der Waals surface area contributed by atoms with Gasteiger partial charge in [-0.05, 0) is 43.7 Å². The molecule has 1 atom stereocenters. The first-order valence-electron chi connectivity index (χ1n) is 10.6. The quantitative estimate of drug-likeness (QED) is 0.462. The Hall–Kier alpha value is -4.25. The molecule has 164 valence electrons. The van der Waals surface area contributed by atoms with Crippen LogP contribution < -0.4 is 10.5 Å². The zero-order chi connectivity index (χ0) is 23.1. The Morgan fingerprint density at radius 3 is 2.88 bits per heavy atom. The van der Waals surface area contributed by atoms with E-state index in [0.717, 1.165) is 16.8 Å². The maximum atomic E-state index is 14.3. The molecule has 8 heteroatoms. The lowest BCUT2D eigenvalue weighted by Gasteiger charge is -2.22. The molecule has 0 amide bonds. The Kier molecular flexibility index (Phi) is 5.02. The van der Waals surface area contributed by atoms with Crippen molar-refractivity contribution in [3.63, 3.8) is 0 Å². The summed E-state index contributed by atoms with van der Waals surface area (Å²) in [5.74, 6) is 0.244. The van der Waals surface area contributed by atoms with Crippen LogP contribution in [0.15, 0.2) is 48.9 Å². The summed E-state index contributed by atoms with van der Waals surface area (Å²) in [6.07, 6.45) is 4.99. The van der Waals surface area contributed by atoms with Gasteiger partial charge in [0, 0.05) is 47.6 Å². The number of nitrogens with two attached hydrogens (primary N) is 1. The highest BCUT2D eigenvalue weighted by Gasteiger charge is 2.24. The topological polar surface area (TPSA) is 103 Å². The van der Waals surface area contributed by atoms with Gasteiger partial charge in [-0.15, -0.1) is 0 Å². The van der Waals surface area contributed by atoms with E-state index < -0.39 is 11.9 Å². The molecule has 5 rings (SSSR count). The highest BCUT2D eigenvalue weighted by Crippen LogP contribution is 2.39. The Morgan fingerprint density at radius 1 is 1.24 bits per heavy atom. The van der Waals surface area contributed by atoms with Crippen molar-refractivity contribution in [2.45, 2.75) is 32.9 Å². The maximum Gasteiger partial charge on any atom is 0.166 e. The lowest BCUT2D eigenvalue weighted by atomic mass is 9.90. The summed E-state index contributed by atoms with van der Waals surface area (Å²) < 4.78 is 22.4. The number of ether oxygens (including phenoxy) is 1. The fourth-order valence-electron chi connectivity index (χ4n) is 4.37. The second kappa shape index (κ2) is 8.02. The number of pyridine rings is 2. The first kappa shape index (κ1) is 20.6. The third-order valence-electron chi connectivity index (χ3n) is 5.90. The fourth-order valence-corrected chi connectivity index (χ4v) is 4.37. The number of fused-ring (bicyclic) bond motifs is 7. The third-order valence-corrected chi connectivity index (χ3v) is 5.90. The van der Waals surface area contributed by atoms with Gasteiger partial charge in [-0.1, -0.05) is 6.07 Å². The van der Waals surface area contributed by atoms with Gasteiger partial charge in [-0.3, -0.25) is 9.67 Å². The van der Waals surface area contributed by atoms with Crippen molar-refractivity contribution in [3.8, 4) is 34.2 Å². The van der Waals surface area contributed by atoms with Crippen LogP contribution >= 0.6 is 0 Å². The second-order valence-corrected chi connectivity index (χ2v) is 7.90. The predicted molar refractivity (Wildman–Crippen MR) is 122 cm³/mol. The van der Waals surface area contributed by atoms with Crippen molar-refractivity contribution in [2.75, 3.05) is 5.73 Å². The van der Waals surface area contributed by atoms with E-state index in [4.69, 9.17) is 10.5 Å². The Labute approximate surface area is 190 Å². The van der Waals surface area contributed by atoms with Crippen molar-refractivity contribution in [1.82, 2.24) is 19.7 Å². The highest BCUT2D eigenvalue weighted by molar-refractivity contribution is 5.77. The van der Waals surface area contributed by atoms with E-state index in [9.17, 15) is 9.65 Å². The molecule has 0 unspecified atom stereocenters. The number of aryl methyl sites for hydroxylation is 1. The molecule has 1 aliphatic heterocycles. The summed E-state index contributed by atoms with van der Waals surface area (Å²) in [5, 5.41) is 14.4. The number of nitrogens with zero attached hydrogens (tertiary/aromatic N) is 5. The van der Waals surface area contributed by atoms with Crippen LogP contribution in [0.4, 0.5) is 10.2 Å². The summed E-state index contributed by atoms with van der Waals surface area (Å²) >= 11 is 0. The number of benzene rings is 1. The summed E-state index contributed by atoms with van der Waals surface area (Å²) in [6, 6.07) is 10.3. The molecule has 33 heavy (non-hydrogen) atoms. The zero-order valence-corrected chi connectivity index (χ0v) is 18.2. The van der Waals surface area contributed by atoms with Crippen molar-refractivity contribution >= 4 is 5.82 Å². The van der Waals surface area contributed by atoms with Crippen molar-refractivity contribution in [1.29, 1.82) is 5.26 Å². The SMILES string of the molecule is CCn1ncc2c1-c1cnc(N)c(c1)O[C@H](C)c1cc(F)ccc1-c1c(C#N)ccnc1C2. The average molecular weight is 440 g/mol. The molecular weight excluding hydrogens is 419 g/mol. The van der Waals surface area contributed by atoms with Gasteiger partial charge in [0.1, 0.15) is 11.9 Å². The van der Waals surface area contributed by atoms with Crippen LogP contribution in [0.5, 0.6) is 5.75 Å². The molecule has 0 saturated carbocycles. The fraction of sp³-hybridized carbons (Fsp3) is 0.200. The molecule has 3 aromatic heterocycles. The smallest absolute Gasteiger partial charge is 0.166 e. The van der Waals surface area contributed by atoms with Gasteiger partial charge in [0.25, 0.3) is 0 Å². The number of rotatable bonds is 1. The Balaban J connectivity index is 1.86. The highest BCUT2D eigenvalue weighted by atomic mass is 19.1. The largest absolute Gasteiger partial charge is 0.482 e. The summed E-state index contributed by atoms with van der Waals surface area (Å²) in [6.45, 7) is 4.49. The van der Waals surface area contributed by atoms with Crippen LogP contribution in [0.2, 0.25) is 0 Å². The molecule has 2 N–H and O–H groups in total. The van der Waals surface area contributed by atoms with Crippen molar-refractivity contribution in [3.05, 3.63) is 77.1 Å². The molecule has 4 aromatic rings. The second-order valence-electron chi connectivity index (χ2n) is 7.90. The normalized spacial score (nSPS) is 14.5. The summed E-state index contributed by atoms with van der Waals surface area (Å²) in [7, 11) is 0. The molecule has 0 aliphatic carbocycles. The summed E-state index contributed by atoms with van der Waals surface area (Å²) in [4.78, 5) is 8.96. The van der Waals surface area contributed by atoms with Crippen LogP contribution in [0.25, 0.3) is 22.4 Å². The minimum absolute atomic E-state index is 0.240. The molecule has 2 bridgehead atoms. The molecule has 0 spiro atoms. The standard InChI is InChI=1S/C25H21FN6O/c1-3-32-24-16(13-31-32)8-21-23(15(11-27)6-7-29-21)19-5-4-18(26)10-20(19)14(2)33-22-9-17(24)12-30-25(22)28/h4-7,9-10,12-14H,3,8H2,1-2H3,(H2,28,30)/t14-/m1/s1. The van der Waals surface area contributed by atoms with E-state index >= 15 is 0 Å². The van der Waals surface area contributed by atoms with Crippen LogP contribution in [0, 0.1) is 17.1 Å². The Bertz CT molecular complexity index is 1420. The molecular formula is C25H21FN6O. The van der Waals surface area contributed by atoms with E-state index in [-0.39, 0.29) is 5.82 Å². The molecule has 1 aliphatic rings. The first-order chi connectivity index (χ1) is 16.0. The van der Waals surface area contributed by atoms with Gasteiger partial charge in [0.2, 0.25) is 0 Å². The van der Waals surface area contributed by atoms with E-state index in [1.54, 1.807) is 30.7 Å². The number of nitrogen functional groups attached to an aromatic ring is 1. The minimum Gasteiger partial charge on any atom is -0.482 e. The minimum atomic E-state index is -0.565. The van der Waals surface area contributed by atoms with Crippen molar-refractivity contribution < 1.29 is 9.13 Å². The molecule has 0 radical (unpaired) electrons. The average Bonchev–Trinajstić information content (AvgIpc) is 3.22. The number of nitriles is 1. The molecule has 7 nitrogen and oxygen atoms in total. The number of halogens is 1. The van der Waals surface area contributed by atoms with E-state index in [2.05, 4.69) is 21.1 Å². The zero-order valence-electron chi connectivity index (χ0n) is 18.2. The third kappa shape index (κ3) is 3.48. The number of hydrogen-bond acceptors (Lipinski definition) is 6. The molecule has 4 heterocycles. The van der Waals surface area contributed by atoms with E-state index in [0.29, 0.717) is 46.7 Å². The van der Waals surface area contributed by atoms with Gasteiger partial charge in [0.15, 0.2) is 11.6 Å². The lowest BCUT2D eigenvalue weighted by Crippen LogP contribution is -2.11. The monoisotopic (exact) mass is 440 g/mol. The number of aromatic nitrogens is 4. The first-order valence-corrected chi connectivity index (χ1v) is 10.6. The number of anilines is 1. The van der Waals surface area contributed by atoms with Gasteiger partial charge >= 0.3 is 0 Å². The number of hydrogen-bond donors (Lipinski definition) is 1. The van der Waals surface area contributed by atoms with Gasteiger partial charge < -0.3 is 10.5 Å². The van der Waals surface area contributed by atoms with Crippen LogP contribution in [-0.4, -0.2) is 19.7 Å². The predicted octanol–water partition coefficient (Wildman–Crippen LogP) is 4.66. The lowest BCUT2D eigenvalue weighted by molar-refractivity contribution is 0.228. The van der Waals surface area contributed by atoms with Crippen molar-refractivity contribution in [2.24, 2.45) is 0 Å². The maximum absolute atomic E-state index is 14.3. The molecule has 0 saturated heterocycles. The van der Waals surface area contributed by atoms with E-state index in [1.807, 2.05) is 24.6 Å². The Morgan fingerprint density at radius 2 is 2.09 bits per heavy atom.